The van der Waals surface area contributed by atoms with Crippen molar-refractivity contribution in [1.29, 1.82) is 0 Å². The van der Waals surface area contributed by atoms with Crippen LogP contribution >= 0.6 is 11.6 Å². The number of carbonyl (C=O) groups is 1. The van der Waals surface area contributed by atoms with E-state index in [1.165, 1.54) is 18.2 Å². The highest BCUT2D eigenvalue weighted by molar-refractivity contribution is 6.31. The van der Waals surface area contributed by atoms with Gasteiger partial charge in [0, 0.05) is 18.8 Å². The summed E-state index contributed by atoms with van der Waals surface area (Å²) < 4.78 is 52.0. The summed E-state index contributed by atoms with van der Waals surface area (Å²) in [6.45, 7) is 1.88. The standard InChI is InChI=1S/C20H19ClF4N2O/c21-18-8-7-16(10-17(18)20(23,24)25)26-19(28)14-2-1-9-27(12-14)11-13-3-5-15(22)6-4-13/h3-8,10,14H,1-2,9,11-12H2,(H,26,28)/t14-/m1/s1. The molecule has 0 radical (unpaired) electrons. The Labute approximate surface area is 165 Å². The number of anilines is 1. The van der Waals surface area contributed by atoms with Crippen LogP contribution in [0, 0.1) is 11.7 Å². The van der Waals surface area contributed by atoms with Gasteiger partial charge in [0.05, 0.1) is 16.5 Å². The number of hydrogen-bond acceptors (Lipinski definition) is 2. The van der Waals surface area contributed by atoms with Gasteiger partial charge in [-0.25, -0.2) is 4.39 Å². The van der Waals surface area contributed by atoms with Crippen LogP contribution in [0.25, 0.3) is 0 Å². The van der Waals surface area contributed by atoms with Crippen LogP contribution < -0.4 is 5.32 Å². The van der Waals surface area contributed by atoms with Gasteiger partial charge >= 0.3 is 6.18 Å². The minimum absolute atomic E-state index is 0.0670. The molecule has 0 bridgehead atoms. The van der Waals surface area contributed by atoms with Crippen molar-refractivity contribution < 1.29 is 22.4 Å². The molecule has 1 saturated heterocycles. The summed E-state index contributed by atoms with van der Waals surface area (Å²) in [6.07, 6.45) is -3.13. The number of alkyl halides is 3. The number of piperidine rings is 1. The zero-order valence-corrected chi connectivity index (χ0v) is 15.7. The molecule has 1 heterocycles. The van der Waals surface area contributed by atoms with Gasteiger partial charge in [-0.1, -0.05) is 23.7 Å². The lowest BCUT2D eigenvalue weighted by Gasteiger charge is -2.32. The number of carbonyl (C=O) groups excluding carboxylic acids is 1. The number of amides is 1. The molecule has 1 atom stereocenters. The van der Waals surface area contributed by atoms with E-state index in [4.69, 9.17) is 11.6 Å². The van der Waals surface area contributed by atoms with Crippen molar-refractivity contribution in [3.8, 4) is 0 Å². The molecule has 8 heteroatoms. The number of nitrogens with one attached hydrogen (secondary N) is 1. The maximum absolute atomic E-state index is 13.0. The number of likely N-dealkylation sites (tertiary alicyclic amines) is 1. The van der Waals surface area contributed by atoms with Crippen molar-refractivity contribution in [2.75, 3.05) is 18.4 Å². The summed E-state index contributed by atoms with van der Waals surface area (Å²) in [5.74, 6) is -0.959. The molecular formula is C20H19ClF4N2O. The van der Waals surface area contributed by atoms with Gasteiger partial charge in [0.1, 0.15) is 5.82 Å². The van der Waals surface area contributed by atoms with Gasteiger partial charge in [0.15, 0.2) is 0 Å². The minimum atomic E-state index is -4.59. The fourth-order valence-electron chi connectivity index (χ4n) is 3.33. The highest BCUT2D eigenvalue weighted by Crippen LogP contribution is 2.36. The van der Waals surface area contributed by atoms with E-state index in [9.17, 15) is 22.4 Å². The van der Waals surface area contributed by atoms with Crippen LogP contribution in [-0.2, 0) is 17.5 Å². The van der Waals surface area contributed by atoms with E-state index < -0.39 is 16.8 Å². The molecule has 1 N–H and O–H groups in total. The molecule has 2 aromatic rings. The third-order valence-corrected chi connectivity index (χ3v) is 5.06. The molecule has 2 aromatic carbocycles. The fraction of sp³-hybridized carbons (Fsp3) is 0.350. The lowest BCUT2D eigenvalue weighted by molar-refractivity contribution is -0.137. The second-order valence-electron chi connectivity index (χ2n) is 6.88. The maximum atomic E-state index is 13.0. The van der Waals surface area contributed by atoms with E-state index in [-0.39, 0.29) is 23.3 Å². The molecule has 3 nitrogen and oxygen atoms in total. The van der Waals surface area contributed by atoms with Crippen LogP contribution in [0.15, 0.2) is 42.5 Å². The molecule has 1 aliphatic rings. The molecule has 0 unspecified atom stereocenters. The second kappa shape index (κ2) is 8.49. The van der Waals surface area contributed by atoms with Gasteiger partial charge in [0.2, 0.25) is 5.91 Å². The largest absolute Gasteiger partial charge is 0.417 e. The highest BCUT2D eigenvalue weighted by atomic mass is 35.5. The van der Waals surface area contributed by atoms with E-state index in [1.807, 2.05) is 0 Å². The number of halogens is 5. The Morgan fingerprint density at radius 3 is 2.57 bits per heavy atom. The zero-order chi connectivity index (χ0) is 20.3. The number of hydrogen-bond donors (Lipinski definition) is 1. The van der Waals surface area contributed by atoms with Crippen LogP contribution in [0.2, 0.25) is 5.02 Å². The normalized spacial score (nSPS) is 18.1. The first kappa shape index (κ1) is 20.6. The predicted octanol–water partition coefficient (Wildman–Crippen LogP) is 5.35. The fourth-order valence-corrected chi connectivity index (χ4v) is 3.55. The van der Waals surface area contributed by atoms with Crippen LogP contribution in [0.1, 0.15) is 24.0 Å². The molecule has 0 aromatic heterocycles. The molecule has 0 saturated carbocycles. The average molecular weight is 415 g/mol. The van der Waals surface area contributed by atoms with Gasteiger partial charge in [-0.2, -0.15) is 13.2 Å². The Morgan fingerprint density at radius 1 is 1.18 bits per heavy atom. The molecule has 1 aliphatic heterocycles. The Balaban J connectivity index is 1.63. The smallest absolute Gasteiger partial charge is 0.326 e. The van der Waals surface area contributed by atoms with Crippen LogP contribution in [0.3, 0.4) is 0 Å². The maximum Gasteiger partial charge on any atom is 0.417 e. The Kier molecular flexibility index (Phi) is 6.25. The van der Waals surface area contributed by atoms with Gasteiger partial charge in [-0.05, 0) is 55.3 Å². The second-order valence-corrected chi connectivity index (χ2v) is 7.29. The van der Waals surface area contributed by atoms with Crippen molar-refractivity contribution in [3.63, 3.8) is 0 Å². The molecular weight excluding hydrogens is 396 g/mol. The van der Waals surface area contributed by atoms with Crippen molar-refractivity contribution in [2.45, 2.75) is 25.6 Å². The molecule has 1 fully saturated rings. The number of nitrogens with zero attached hydrogens (tertiary/aromatic N) is 1. The SMILES string of the molecule is O=C(Nc1ccc(Cl)c(C(F)(F)F)c1)[C@@H]1CCCN(Cc2ccc(F)cc2)C1. The first-order valence-electron chi connectivity index (χ1n) is 8.87. The summed E-state index contributed by atoms with van der Waals surface area (Å²) in [6, 6.07) is 9.51. The predicted molar refractivity (Wildman–Crippen MR) is 99.5 cm³/mol. The summed E-state index contributed by atoms with van der Waals surface area (Å²) in [5.41, 5.74) is 0.0286. The molecule has 0 spiro atoms. The van der Waals surface area contributed by atoms with Gasteiger partial charge < -0.3 is 5.32 Å². The van der Waals surface area contributed by atoms with Crippen LogP contribution in [0.5, 0.6) is 0 Å². The summed E-state index contributed by atoms with van der Waals surface area (Å²) in [5, 5.41) is 2.16. The lowest BCUT2D eigenvalue weighted by atomic mass is 9.96. The van der Waals surface area contributed by atoms with Crippen LogP contribution in [0.4, 0.5) is 23.2 Å². The average Bonchev–Trinajstić information content (AvgIpc) is 2.64. The Hall–Kier alpha value is -2.12. The summed E-state index contributed by atoms with van der Waals surface area (Å²) >= 11 is 5.61. The van der Waals surface area contributed by atoms with Gasteiger partial charge in [0.25, 0.3) is 0 Å². The van der Waals surface area contributed by atoms with Crippen molar-refractivity contribution >= 4 is 23.2 Å². The highest BCUT2D eigenvalue weighted by Gasteiger charge is 2.34. The Morgan fingerprint density at radius 2 is 1.89 bits per heavy atom. The van der Waals surface area contributed by atoms with E-state index in [0.717, 1.165) is 30.7 Å². The number of benzene rings is 2. The zero-order valence-electron chi connectivity index (χ0n) is 14.9. The Bertz CT molecular complexity index is 839. The summed E-state index contributed by atoms with van der Waals surface area (Å²) in [4.78, 5) is 14.6. The van der Waals surface area contributed by atoms with E-state index in [1.54, 1.807) is 12.1 Å². The topological polar surface area (TPSA) is 32.3 Å². The third-order valence-electron chi connectivity index (χ3n) is 4.74. The molecule has 3 rings (SSSR count). The molecule has 1 amide bonds. The molecule has 150 valence electrons. The van der Waals surface area contributed by atoms with E-state index in [0.29, 0.717) is 19.5 Å². The molecule has 0 aliphatic carbocycles. The first-order chi connectivity index (χ1) is 13.2. The lowest BCUT2D eigenvalue weighted by Crippen LogP contribution is -2.40. The van der Waals surface area contributed by atoms with Crippen molar-refractivity contribution in [2.24, 2.45) is 5.92 Å². The third kappa shape index (κ3) is 5.23. The van der Waals surface area contributed by atoms with E-state index in [2.05, 4.69) is 10.2 Å². The minimum Gasteiger partial charge on any atom is -0.326 e. The quantitative estimate of drug-likeness (QED) is 0.684. The number of rotatable bonds is 4. The van der Waals surface area contributed by atoms with Crippen molar-refractivity contribution in [1.82, 2.24) is 4.90 Å². The van der Waals surface area contributed by atoms with Crippen molar-refractivity contribution in [3.05, 3.63) is 64.4 Å². The van der Waals surface area contributed by atoms with Gasteiger partial charge in [-0.3, -0.25) is 9.69 Å². The van der Waals surface area contributed by atoms with Gasteiger partial charge in [-0.15, -0.1) is 0 Å². The first-order valence-corrected chi connectivity index (χ1v) is 9.24. The molecule has 28 heavy (non-hydrogen) atoms. The summed E-state index contributed by atoms with van der Waals surface area (Å²) in [7, 11) is 0. The van der Waals surface area contributed by atoms with Crippen LogP contribution in [-0.4, -0.2) is 23.9 Å². The monoisotopic (exact) mass is 414 g/mol. The van der Waals surface area contributed by atoms with E-state index >= 15 is 0 Å².